The van der Waals surface area contributed by atoms with Gasteiger partial charge in [0.05, 0.1) is 25.4 Å². The first-order chi connectivity index (χ1) is 15.6. The van der Waals surface area contributed by atoms with E-state index in [9.17, 15) is 9.59 Å². The van der Waals surface area contributed by atoms with E-state index in [0.717, 1.165) is 18.3 Å². The fourth-order valence-corrected chi connectivity index (χ4v) is 9.97. The molecule has 0 N–H and O–H groups in total. The van der Waals surface area contributed by atoms with Crippen LogP contribution in [-0.4, -0.2) is 26.2 Å². The van der Waals surface area contributed by atoms with Crippen LogP contribution in [0.15, 0.2) is 47.5 Å². The molecular weight excluding hydrogens is 400 g/mol. The second-order valence-corrected chi connectivity index (χ2v) is 11.0. The Labute approximate surface area is 187 Å². The highest BCUT2D eigenvalue weighted by Gasteiger charge is 2.77. The van der Waals surface area contributed by atoms with Crippen molar-refractivity contribution in [2.45, 2.75) is 24.7 Å². The van der Waals surface area contributed by atoms with Gasteiger partial charge < -0.3 is 9.47 Å². The van der Waals surface area contributed by atoms with E-state index in [1.54, 1.807) is 11.1 Å². The van der Waals surface area contributed by atoms with Gasteiger partial charge in [-0.3, -0.25) is 0 Å². The minimum absolute atomic E-state index is 0.207. The highest BCUT2D eigenvalue weighted by Crippen LogP contribution is 2.82. The number of hydrogen-bond acceptors (Lipinski definition) is 4. The van der Waals surface area contributed by atoms with Crippen LogP contribution in [0, 0.1) is 47.3 Å². The third kappa shape index (κ3) is 1.75. The molecule has 6 aliphatic rings. The van der Waals surface area contributed by atoms with E-state index in [-0.39, 0.29) is 23.8 Å². The van der Waals surface area contributed by atoms with Crippen molar-refractivity contribution >= 4 is 22.7 Å². The maximum absolute atomic E-state index is 12.6. The largest absolute Gasteiger partial charge is 0.466 e. The second-order valence-electron chi connectivity index (χ2n) is 11.0. The summed E-state index contributed by atoms with van der Waals surface area (Å²) in [4.78, 5) is 25.2. The standard InChI is InChI=1S/C28H26O4/c1-31-27(29)25-23-17-10-18(24(23)26(25)28(30)32-2)22-20-16-9-15(19(20)21(17)22)13-7-11-5-3-4-6-12(11)8-14(13)16/h3-8,15-24H,9-10H2,1-2H3/t15-,16+,17+,18-,19?,20?,21?,22?,23?,24?. The number of esters is 2. The van der Waals surface area contributed by atoms with Gasteiger partial charge in [0.25, 0.3) is 0 Å². The van der Waals surface area contributed by atoms with Gasteiger partial charge in [0.2, 0.25) is 0 Å². The highest BCUT2D eigenvalue weighted by molar-refractivity contribution is 6.04. The van der Waals surface area contributed by atoms with Crippen molar-refractivity contribution in [3.05, 3.63) is 58.7 Å². The monoisotopic (exact) mass is 426 g/mol. The van der Waals surface area contributed by atoms with Gasteiger partial charge in [-0.2, -0.15) is 0 Å². The van der Waals surface area contributed by atoms with Crippen molar-refractivity contribution in [1.29, 1.82) is 0 Å². The first-order valence-electron chi connectivity index (χ1n) is 12.1. The van der Waals surface area contributed by atoms with Crippen molar-refractivity contribution in [3.63, 3.8) is 0 Å². The Morgan fingerprint density at radius 2 is 1.19 bits per heavy atom. The average Bonchev–Trinajstić information content (AvgIpc) is 3.46. The molecule has 162 valence electrons. The fourth-order valence-electron chi connectivity index (χ4n) is 9.97. The minimum atomic E-state index is -0.323. The summed E-state index contributed by atoms with van der Waals surface area (Å²) in [6, 6.07) is 13.7. The molecule has 0 spiro atoms. The second kappa shape index (κ2) is 5.65. The molecule has 0 radical (unpaired) electrons. The lowest BCUT2D eigenvalue weighted by atomic mass is 9.42. The molecule has 8 rings (SSSR count). The maximum Gasteiger partial charge on any atom is 0.334 e. The van der Waals surface area contributed by atoms with Crippen LogP contribution in [0.25, 0.3) is 10.8 Å². The smallest absolute Gasteiger partial charge is 0.334 e. The molecule has 32 heavy (non-hydrogen) atoms. The van der Waals surface area contributed by atoms with Crippen LogP contribution in [0.2, 0.25) is 0 Å². The van der Waals surface area contributed by atoms with Crippen LogP contribution in [-0.2, 0) is 19.1 Å². The van der Waals surface area contributed by atoms with E-state index in [2.05, 4.69) is 36.4 Å². The van der Waals surface area contributed by atoms with Crippen LogP contribution >= 0.6 is 0 Å². The van der Waals surface area contributed by atoms with Crippen molar-refractivity contribution in [2.24, 2.45) is 47.3 Å². The highest BCUT2D eigenvalue weighted by atomic mass is 16.5. The van der Waals surface area contributed by atoms with Gasteiger partial charge in [-0.05, 0) is 82.1 Å². The van der Waals surface area contributed by atoms with Crippen LogP contribution in [0.3, 0.4) is 0 Å². The molecule has 2 aromatic carbocycles. The number of ether oxygens (including phenoxy) is 2. The quantitative estimate of drug-likeness (QED) is 0.405. The zero-order valence-corrected chi connectivity index (χ0v) is 18.3. The molecule has 6 unspecified atom stereocenters. The van der Waals surface area contributed by atoms with E-state index < -0.39 is 0 Å². The first-order valence-corrected chi connectivity index (χ1v) is 12.1. The minimum Gasteiger partial charge on any atom is -0.466 e. The van der Waals surface area contributed by atoms with Crippen molar-refractivity contribution in [1.82, 2.24) is 0 Å². The van der Waals surface area contributed by atoms with Crippen LogP contribution in [0.5, 0.6) is 0 Å². The summed E-state index contributed by atoms with van der Waals surface area (Å²) in [7, 11) is 2.84. The molecule has 4 fully saturated rings. The molecule has 6 aliphatic carbocycles. The summed E-state index contributed by atoms with van der Waals surface area (Å²) in [5.74, 6) is 5.12. The molecule has 4 bridgehead atoms. The predicted octanol–water partition coefficient (Wildman–Crippen LogP) is 4.44. The first kappa shape index (κ1) is 17.9. The summed E-state index contributed by atoms with van der Waals surface area (Å²) >= 11 is 0. The lowest BCUT2D eigenvalue weighted by Gasteiger charge is -2.62. The number of fused-ring (bicyclic) bond motifs is 19. The van der Waals surface area contributed by atoms with Gasteiger partial charge in [0, 0.05) is 11.8 Å². The molecule has 0 heterocycles. The SMILES string of the molecule is COC(=O)C1=C(C(=O)OC)C2C1[C@H]1C[C@@H]2C2C1C1C2[C@H]2C[C@@H]1c1cc3ccccc3cc12. The summed E-state index contributed by atoms with van der Waals surface area (Å²) in [5.41, 5.74) is 4.46. The number of benzene rings is 2. The van der Waals surface area contributed by atoms with Crippen LogP contribution in [0.1, 0.15) is 35.8 Å². The van der Waals surface area contributed by atoms with Crippen molar-refractivity contribution < 1.29 is 19.1 Å². The summed E-state index contributed by atoms with van der Waals surface area (Å²) < 4.78 is 10.2. The van der Waals surface area contributed by atoms with Gasteiger partial charge in [-0.25, -0.2) is 9.59 Å². The molecule has 0 aromatic heterocycles. The molecule has 0 amide bonds. The van der Waals surface area contributed by atoms with E-state index in [1.807, 2.05) is 0 Å². The maximum atomic E-state index is 12.6. The van der Waals surface area contributed by atoms with E-state index in [0.29, 0.717) is 46.7 Å². The molecule has 10 atom stereocenters. The molecule has 4 heteroatoms. The molecule has 4 nitrogen and oxygen atoms in total. The van der Waals surface area contributed by atoms with Gasteiger partial charge in [-0.1, -0.05) is 36.4 Å². The fraction of sp³-hybridized carbons (Fsp3) is 0.500. The lowest BCUT2D eigenvalue weighted by molar-refractivity contribution is -0.147. The van der Waals surface area contributed by atoms with Crippen LogP contribution < -0.4 is 0 Å². The Bertz CT molecular complexity index is 1180. The number of carbonyl (C=O) groups is 2. The zero-order valence-electron chi connectivity index (χ0n) is 18.3. The van der Waals surface area contributed by atoms with Crippen molar-refractivity contribution in [2.75, 3.05) is 14.2 Å². The van der Waals surface area contributed by atoms with Gasteiger partial charge >= 0.3 is 11.9 Å². The third-order valence-corrected chi connectivity index (χ3v) is 10.6. The summed E-state index contributed by atoms with van der Waals surface area (Å²) in [5, 5.41) is 2.72. The van der Waals surface area contributed by atoms with E-state index in [1.165, 1.54) is 31.4 Å². The van der Waals surface area contributed by atoms with E-state index >= 15 is 0 Å². The Hall–Kier alpha value is -2.62. The Morgan fingerprint density at radius 1 is 0.719 bits per heavy atom. The lowest BCUT2D eigenvalue weighted by Crippen LogP contribution is -2.59. The number of carbonyl (C=O) groups excluding carboxylic acids is 2. The Kier molecular flexibility index (Phi) is 3.16. The van der Waals surface area contributed by atoms with Crippen LogP contribution in [0.4, 0.5) is 0 Å². The Balaban J connectivity index is 1.20. The molecule has 0 saturated heterocycles. The van der Waals surface area contributed by atoms with Gasteiger partial charge in [0.15, 0.2) is 0 Å². The average molecular weight is 427 g/mol. The summed E-state index contributed by atoms with van der Waals surface area (Å²) in [6.07, 6.45) is 2.46. The normalized spacial score (nSPS) is 43.2. The zero-order chi connectivity index (χ0) is 21.5. The molecule has 0 aliphatic heterocycles. The third-order valence-electron chi connectivity index (χ3n) is 10.6. The predicted molar refractivity (Wildman–Crippen MR) is 118 cm³/mol. The molecule has 2 aromatic rings. The van der Waals surface area contributed by atoms with Gasteiger partial charge in [0.1, 0.15) is 0 Å². The Morgan fingerprint density at radius 3 is 1.62 bits per heavy atom. The van der Waals surface area contributed by atoms with Gasteiger partial charge in [-0.15, -0.1) is 0 Å². The number of methoxy groups -OCH3 is 2. The molecule has 4 saturated carbocycles. The number of rotatable bonds is 2. The number of hydrogen-bond donors (Lipinski definition) is 0. The van der Waals surface area contributed by atoms with Crippen molar-refractivity contribution in [3.8, 4) is 0 Å². The molecular formula is C28H26O4. The van der Waals surface area contributed by atoms with E-state index in [4.69, 9.17) is 9.47 Å². The summed E-state index contributed by atoms with van der Waals surface area (Å²) in [6.45, 7) is 0. The topological polar surface area (TPSA) is 52.6 Å².